The van der Waals surface area contributed by atoms with Crippen LogP contribution in [0.5, 0.6) is 11.5 Å². The topological polar surface area (TPSA) is 60.0 Å². The van der Waals surface area contributed by atoms with Gasteiger partial charge in [0, 0.05) is 24.7 Å². The largest absolute Gasteiger partial charge is 0.493 e. The van der Waals surface area contributed by atoms with Crippen molar-refractivity contribution in [2.75, 3.05) is 46.6 Å². The number of carbonyl (C=O) groups is 1. The minimum Gasteiger partial charge on any atom is -0.493 e. The Morgan fingerprint density at radius 1 is 1.14 bits per heavy atom. The van der Waals surface area contributed by atoms with Crippen LogP contribution in [0.4, 0.5) is 0 Å². The first-order chi connectivity index (χ1) is 13.7. The summed E-state index contributed by atoms with van der Waals surface area (Å²) in [6, 6.07) is 15.0. The van der Waals surface area contributed by atoms with Crippen LogP contribution in [0, 0.1) is 0 Å². The van der Waals surface area contributed by atoms with E-state index in [1.165, 1.54) is 0 Å². The van der Waals surface area contributed by atoms with Gasteiger partial charge in [0.15, 0.2) is 18.1 Å². The molecule has 1 heterocycles. The lowest BCUT2D eigenvalue weighted by atomic mass is 10.0. The van der Waals surface area contributed by atoms with Gasteiger partial charge < -0.3 is 19.5 Å². The predicted molar refractivity (Wildman–Crippen MR) is 115 cm³/mol. The fourth-order valence-electron chi connectivity index (χ4n) is 3.21. The molecule has 1 N–H and O–H groups in total. The van der Waals surface area contributed by atoms with Crippen LogP contribution in [0.25, 0.3) is 0 Å². The summed E-state index contributed by atoms with van der Waals surface area (Å²) in [5.74, 6) is 0.935. The molecule has 0 radical (unpaired) electrons. The van der Waals surface area contributed by atoms with E-state index in [1.54, 1.807) is 19.2 Å². The van der Waals surface area contributed by atoms with Crippen molar-refractivity contribution >= 4 is 29.9 Å². The molecule has 0 spiro atoms. The zero-order valence-corrected chi connectivity index (χ0v) is 17.9. The summed E-state index contributed by atoms with van der Waals surface area (Å²) in [7, 11) is 1.57. The number of halogens is 2. The van der Waals surface area contributed by atoms with Gasteiger partial charge in [-0.2, -0.15) is 0 Å². The molecule has 6 nitrogen and oxygen atoms in total. The van der Waals surface area contributed by atoms with Crippen molar-refractivity contribution in [2.24, 2.45) is 0 Å². The third kappa shape index (κ3) is 6.51. The number of ether oxygens (including phenoxy) is 3. The molecule has 0 aromatic heterocycles. The second-order valence-electron chi connectivity index (χ2n) is 6.43. The van der Waals surface area contributed by atoms with E-state index >= 15 is 0 Å². The summed E-state index contributed by atoms with van der Waals surface area (Å²) in [5.41, 5.74) is 0.997. The smallest absolute Gasteiger partial charge is 0.258 e. The minimum atomic E-state index is -0.198. The molecule has 8 heteroatoms. The standard InChI is InChI=1S/C21H25ClN2O4.ClH/c1-26-19-8-4-5-9-20(19)28-15-21(25)23-14-18(24-10-12-27-13-11-24)16-6-2-3-7-17(16)22;/h2-9,18H,10-15H2,1H3,(H,23,25);1H. The molecule has 29 heavy (non-hydrogen) atoms. The van der Waals surface area contributed by atoms with Crippen molar-refractivity contribution in [3.05, 3.63) is 59.1 Å². The van der Waals surface area contributed by atoms with Gasteiger partial charge in [-0.1, -0.05) is 41.9 Å². The van der Waals surface area contributed by atoms with Crippen LogP contribution < -0.4 is 14.8 Å². The van der Waals surface area contributed by atoms with E-state index in [-0.39, 0.29) is 31.0 Å². The summed E-state index contributed by atoms with van der Waals surface area (Å²) in [5, 5.41) is 3.66. The molecule has 1 fully saturated rings. The molecule has 1 aliphatic heterocycles. The number of hydrogen-bond acceptors (Lipinski definition) is 5. The van der Waals surface area contributed by atoms with Crippen LogP contribution in [-0.2, 0) is 9.53 Å². The maximum absolute atomic E-state index is 12.4. The normalized spacial score (nSPS) is 15.1. The molecule has 1 atom stereocenters. The van der Waals surface area contributed by atoms with E-state index in [0.717, 1.165) is 18.7 Å². The van der Waals surface area contributed by atoms with Crippen LogP contribution in [0.1, 0.15) is 11.6 Å². The summed E-state index contributed by atoms with van der Waals surface area (Å²) in [4.78, 5) is 14.7. The van der Waals surface area contributed by atoms with Crippen molar-refractivity contribution in [3.63, 3.8) is 0 Å². The predicted octanol–water partition coefficient (Wildman–Crippen LogP) is 3.34. The van der Waals surface area contributed by atoms with Crippen molar-refractivity contribution in [1.82, 2.24) is 10.2 Å². The SMILES string of the molecule is COc1ccccc1OCC(=O)NCC(c1ccccc1Cl)N1CCOCC1.Cl. The van der Waals surface area contributed by atoms with Gasteiger partial charge in [0.05, 0.1) is 26.4 Å². The summed E-state index contributed by atoms with van der Waals surface area (Å²) >= 11 is 6.42. The first-order valence-corrected chi connectivity index (χ1v) is 9.65. The van der Waals surface area contributed by atoms with Gasteiger partial charge in [-0.05, 0) is 23.8 Å². The Balaban J connectivity index is 0.00000300. The number of nitrogens with zero attached hydrogens (tertiary/aromatic N) is 1. The number of hydrogen-bond donors (Lipinski definition) is 1. The lowest BCUT2D eigenvalue weighted by Crippen LogP contribution is -2.44. The maximum atomic E-state index is 12.4. The molecule has 1 aliphatic rings. The molecule has 0 saturated carbocycles. The van der Waals surface area contributed by atoms with Crippen LogP contribution in [0.3, 0.4) is 0 Å². The third-order valence-corrected chi connectivity index (χ3v) is 5.02. The van der Waals surface area contributed by atoms with Crippen molar-refractivity contribution < 1.29 is 19.0 Å². The molecule has 2 aromatic carbocycles. The van der Waals surface area contributed by atoms with E-state index < -0.39 is 0 Å². The Labute approximate surface area is 182 Å². The van der Waals surface area contributed by atoms with Gasteiger partial charge in [0.25, 0.3) is 5.91 Å². The summed E-state index contributed by atoms with van der Waals surface area (Å²) in [6.45, 7) is 3.29. The van der Waals surface area contributed by atoms with Crippen LogP contribution in [0.2, 0.25) is 5.02 Å². The van der Waals surface area contributed by atoms with Gasteiger partial charge in [0.2, 0.25) is 0 Å². The van der Waals surface area contributed by atoms with E-state index in [9.17, 15) is 4.79 Å². The third-order valence-electron chi connectivity index (χ3n) is 4.67. The van der Waals surface area contributed by atoms with E-state index in [0.29, 0.717) is 36.3 Å². The molecule has 1 amide bonds. The molecular weight excluding hydrogens is 415 g/mol. The Hall–Kier alpha value is -1.99. The number of carbonyl (C=O) groups excluding carboxylic acids is 1. The highest BCUT2D eigenvalue weighted by Gasteiger charge is 2.24. The Bertz CT molecular complexity index is 785. The lowest BCUT2D eigenvalue weighted by molar-refractivity contribution is -0.123. The highest BCUT2D eigenvalue weighted by molar-refractivity contribution is 6.31. The van der Waals surface area contributed by atoms with Gasteiger partial charge in [-0.25, -0.2) is 0 Å². The molecule has 0 aliphatic carbocycles. The first kappa shape index (κ1) is 23.3. The minimum absolute atomic E-state index is 0. The van der Waals surface area contributed by atoms with E-state index in [2.05, 4.69) is 10.2 Å². The average molecular weight is 441 g/mol. The van der Waals surface area contributed by atoms with Crippen molar-refractivity contribution in [1.29, 1.82) is 0 Å². The number of para-hydroxylation sites is 2. The lowest BCUT2D eigenvalue weighted by Gasteiger charge is -2.35. The van der Waals surface area contributed by atoms with Gasteiger partial charge in [-0.3, -0.25) is 9.69 Å². The molecule has 158 valence electrons. The zero-order chi connectivity index (χ0) is 19.8. The second kappa shape index (κ2) is 11.9. The molecular formula is C21H26Cl2N2O4. The average Bonchev–Trinajstić information content (AvgIpc) is 2.74. The number of amides is 1. The highest BCUT2D eigenvalue weighted by Crippen LogP contribution is 2.28. The van der Waals surface area contributed by atoms with Gasteiger partial charge >= 0.3 is 0 Å². The quantitative estimate of drug-likeness (QED) is 0.681. The maximum Gasteiger partial charge on any atom is 0.258 e. The Morgan fingerprint density at radius 3 is 2.48 bits per heavy atom. The molecule has 2 aromatic rings. The number of morpholine rings is 1. The molecule has 0 bridgehead atoms. The number of nitrogens with one attached hydrogen (secondary N) is 1. The molecule has 1 saturated heterocycles. The number of benzene rings is 2. The fraction of sp³-hybridized carbons (Fsp3) is 0.381. The first-order valence-electron chi connectivity index (χ1n) is 9.28. The number of methoxy groups -OCH3 is 1. The Kier molecular flexibility index (Phi) is 9.54. The zero-order valence-electron chi connectivity index (χ0n) is 16.3. The van der Waals surface area contributed by atoms with Gasteiger partial charge in [-0.15, -0.1) is 12.4 Å². The van der Waals surface area contributed by atoms with E-state index in [1.807, 2.05) is 36.4 Å². The van der Waals surface area contributed by atoms with Crippen molar-refractivity contribution in [3.8, 4) is 11.5 Å². The monoisotopic (exact) mass is 440 g/mol. The fourth-order valence-corrected chi connectivity index (χ4v) is 3.47. The van der Waals surface area contributed by atoms with Crippen LogP contribution in [0.15, 0.2) is 48.5 Å². The molecule has 3 rings (SSSR count). The highest BCUT2D eigenvalue weighted by atomic mass is 35.5. The van der Waals surface area contributed by atoms with Crippen molar-refractivity contribution in [2.45, 2.75) is 6.04 Å². The molecule has 1 unspecified atom stereocenters. The second-order valence-corrected chi connectivity index (χ2v) is 6.84. The Morgan fingerprint density at radius 2 is 1.79 bits per heavy atom. The summed E-state index contributed by atoms with van der Waals surface area (Å²) in [6.07, 6.45) is 0. The number of rotatable bonds is 8. The van der Waals surface area contributed by atoms with Crippen LogP contribution in [-0.4, -0.2) is 57.4 Å². The summed E-state index contributed by atoms with van der Waals surface area (Å²) < 4.78 is 16.3. The van der Waals surface area contributed by atoms with Gasteiger partial charge in [0.1, 0.15) is 0 Å². The van der Waals surface area contributed by atoms with E-state index in [4.69, 9.17) is 25.8 Å². The van der Waals surface area contributed by atoms with Crippen LogP contribution >= 0.6 is 24.0 Å².